The summed E-state index contributed by atoms with van der Waals surface area (Å²) in [6.07, 6.45) is 7.12. The SMILES string of the molecule is C#CCN1CCN(C(=O)c2c[nH]c3ccccc23)CC1. The van der Waals surface area contributed by atoms with Crippen LogP contribution in [0.2, 0.25) is 0 Å². The van der Waals surface area contributed by atoms with E-state index in [-0.39, 0.29) is 5.91 Å². The number of nitrogens with zero attached hydrogens (tertiary/aromatic N) is 2. The number of aromatic amines is 1. The average Bonchev–Trinajstić information content (AvgIpc) is 2.92. The van der Waals surface area contributed by atoms with Crippen molar-refractivity contribution >= 4 is 16.8 Å². The van der Waals surface area contributed by atoms with E-state index in [2.05, 4.69) is 15.8 Å². The minimum atomic E-state index is 0.0998. The maximum Gasteiger partial charge on any atom is 0.256 e. The molecule has 102 valence electrons. The first-order valence-electron chi connectivity index (χ1n) is 6.81. The largest absolute Gasteiger partial charge is 0.360 e. The molecule has 0 aliphatic carbocycles. The molecule has 1 aliphatic heterocycles. The molecule has 1 aromatic heterocycles. The average molecular weight is 267 g/mol. The monoisotopic (exact) mass is 267 g/mol. The number of rotatable bonds is 2. The van der Waals surface area contributed by atoms with Crippen molar-refractivity contribution in [1.29, 1.82) is 0 Å². The zero-order valence-electron chi connectivity index (χ0n) is 11.3. The molecule has 0 bridgehead atoms. The van der Waals surface area contributed by atoms with Gasteiger partial charge in [-0.1, -0.05) is 24.1 Å². The van der Waals surface area contributed by atoms with E-state index in [4.69, 9.17) is 6.42 Å². The second-order valence-electron chi connectivity index (χ2n) is 5.02. The van der Waals surface area contributed by atoms with E-state index in [1.807, 2.05) is 29.2 Å². The summed E-state index contributed by atoms with van der Waals surface area (Å²) in [4.78, 5) is 19.8. The molecule has 1 N–H and O–H groups in total. The zero-order chi connectivity index (χ0) is 13.9. The molecule has 1 saturated heterocycles. The normalized spacial score (nSPS) is 16.2. The minimum absolute atomic E-state index is 0.0998. The van der Waals surface area contributed by atoms with Crippen LogP contribution in [0.4, 0.5) is 0 Å². The van der Waals surface area contributed by atoms with Gasteiger partial charge in [0.1, 0.15) is 0 Å². The van der Waals surface area contributed by atoms with Crippen molar-refractivity contribution in [1.82, 2.24) is 14.8 Å². The molecule has 0 atom stereocenters. The molecule has 3 rings (SSSR count). The molecule has 0 unspecified atom stereocenters. The van der Waals surface area contributed by atoms with Gasteiger partial charge in [0.2, 0.25) is 0 Å². The zero-order valence-corrected chi connectivity index (χ0v) is 11.3. The fourth-order valence-electron chi connectivity index (χ4n) is 2.66. The van der Waals surface area contributed by atoms with Crippen LogP contribution in [-0.4, -0.2) is 53.4 Å². The number of hydrogen-bond acceptors (Lipinski definition) is 2. The molecule has 2 heterocycles. The lowest BCUT2D eigenvalue weighted by Gasteiger charge is -2.33. The second-order valence-corrected chi connectivity index (χ2v) is 5.02. The Morgan fingerprint density at radius 1 is 1.25 bits per heavy atom. The third-order valence-electron chi connectivity index (χ3n) is 3.79. The third-order valence-corrected chi connectivity index (χ3v) is 3.79. The van der Waals surface area contributed by atoms with Crippen molar-refractivity contribution < 1.29 is 4.79 Å². The number of fused-ring (bicyclic) bond motifs is 1. The van der Waals surface area contributed by atoms with Crippen LogP contribution in [0.5, 0.6) is 0 Å². The van der Waals surface area contributed by atoms with Gasteiger partial charge in [0.15, 0.2) is 0 Å². The predicted octanol–water partition coefficient (Wildman–Crippen LogP) is 1.56. The number of piperazine rings is 1. The summed E-state index contributed by atoms with van der Waals surface area (Å²) in [5.74, 6) is 2.75. The molecule has 4 nitrogen and oxygen atoms in total. The predicted molar refractivity (Wildman–Crippen MR) is 79.5 cm³/mol. The van der Waals surface area contributed by atoms with Gasteiger partial charge in [-0.3, -0.25) is 9.69 Å². The number of para-hydroxylation sites is 1. The lowest BCUT2D eigenvalue weighted by molar-refractivity contribution is 0.0654. The molecule has 0 saturated carbocycles. The lowest BCUT2D eigenvalue weighted by Crippen LogP contribution is -2.48. The molecule has 1 aliphatic rings. The van der Waals surface area contributed by atoms with E-state index in [0.29, 0.717) is 6.54 Å². The first-order chi connectivity index (χ1) is 9.79. The molecule has 2 aromatic rings. The van der Waals surface area contributed by atoms with Crippen molar-refractivity contribution in [3.8, 4) is 12.3 Å². The molecule has 4 heteroatoms. The smallest absolute Gasteiger partial charge is 0.256 e. The highest BCUT2D eigenvalue weighted by molar-refractivity contribution is 6.06. The Balaban J connectivity index is 1.76. The van der Waals surface area contributed by atoms with Gasteiger partial charge in [0, 0.05) is 43.3 Å². The van der Waals surface area contributed by atoms with Crippen LogP contribution < -0.4 is 0 Å². The first kappa shape index (κ1) is 12.8. The van der Waals surface area contributed by atoms with E-state index < -0.39 is 0 Å². The van der Waals surface area contributed by atoms with Crippen molar-refractivity contribution in [3.63, 3.8) is 0 Å². The van der Waals surface area contributed by atoms with Crippen LogP contribution in [0.3, 0.4) is 0 Å². The summed E-state index contributed by atoms with van der Waals surface area (Å²) in [5, 5.41) is 0.989. The van der Waals surface area contributed by atoms with E-state index in [0.717, 1.165) is 42.6 Å². The van der Waals surface area contributed by atoms with Crippen LogP contribution in [0.15, 0.2) is 30.5 Å². The molecule has 0 spiro atoms. The number of nitrogens with one attached hydrogen (secondary N) is 1. The maximum absolute atomic E-state index is 12.6. The number of carbonyl (C=O) groups excluding carboxylic acids is 1. The van der Waals surface area contributed by atoms with Gasteiger partial charge < -0.3 is 9.88 Å². The molecule has 1 aromatic carbocycles. The van der Waals surface area contributed by atoms with E-state index in [1.54, 1.807) is 6.20 Å². The van der Waals surface area contributed by atoms with Crippen LogP contribution in [-0.2, 0) is 0 Å². The summed E-state index contributed by atoms with van der Waals surface area (Å²) in [6, 6.07) is 7.88. The number of H-pyrrole nitrogens is 1. The van der Waals surface area contributed by atoms with Crippen LogP contribution in [0.25, 0.3) is 10.9 Å². The Morgan fingerprint density at radius 3 is 2.75 bits per heavy atom. The number of terminal acetylenes is 1. The lowest BCUT2D eigenvalue weighted by atomic mass is 10.1. The van der Waals surface area contributed by atoms with Crippen molar-refractivity contribution in [2.24, 2.45) is 0 Å². The number of amides is 1. The summed E-state index contributed by atoms with van der Waals surface area (Å²) in [5.41, 5.74) is 1.76. The molecule has 1 fully saturated rings. The highest BCUT2D eigenvalue weighted by Gasteiger charge is 2.23. The number of carbonyl (C=O) groups is 1. The molecule has 1 amide bonds. The van der Waals surface area contributed by atoms with Gasteiger partial charge in [0.25, 0.3) is 5.91 Å². The van der Waals surface area contributed by atoms with E-state index in [9.17, 15) is 4.79 Å². The number of hydrogen-bond donors (Lipinski definition) is 1. The first-order valence-corrected chi connectivity index (χ1v) is 6.81. The number of aromatic nitrogens is 1. The van der Waals surface area contributed by atoms with Gasteiger partial charge in [-0.05, 0) is 6.07 Å². The van der Waals surface area contributed by atoms with Crippen molar-refractivity contribution in [2.45, 2.75) is 0 Å². The topological polar surface area (TPSA) is 39.3 Å². The number of benzene rings is 1. The fraction of sp³-hybridized carbons (Fsp3) is 0.312. The Bertz CT molecular complexity index is 660. The Hall–Kier alpha value is -2.25. The minimum Gasteiger partial charge on any atom is -0.360 e. The summed E-state index contributed by atoms with van der Waals surface area (Å²) < 4.78 is 0. The molecule has 20 heavy (non-hydrogen) atoms. The highest BCUT2D eigenvalue weighted by atomic mass is 16.2. The maximum atomic E-state index is 12.6. The molecular formula is C16H17N3O. The summed E-state index contributed by atoms with van der Waals surface area (Å²) in [6.45, 7) is 3.83. The fourth-order valence-corrected chi connectivity index (χ4v) is 2.66. The Labute approximate surface area is 118 Å². The quantitative estimate of drug-likeness (QED) is 0.839. The van der Waals surface area contributed by atoms with Crippen LogP contribution in [0.1, 0.15) is 10.4 Å². The van der Waals surface area contributed by atoms with Crippen LogP contribution >= 0.6 is 0 Å². The van der Waals surface area contributed by atoms with Gasteiger partial charge >= 0.3 is 0 Å². The highest BCUT2D eigenvalue weighted by Crippen LogP contribution is 2.19. The van der Waals surface area contributed by atoms with Crippen LogP contribution in [0, 0.1) is 12.3 Å². The van der Waals surface area contributed by atoms with Gasteiger partial charge in [-0.25, -0.2) is 0 Å². The second kappa shape index (κ2) is 5.40. The Morgan fingerprint density at radius 2 is 2.00 bits per heavy atom. The summed E-state index contributed by atoms with van der Waals surface area (Å²) >= 11 is 0. The van der Waals surface area contributed by atoms with Gasteiger partial charge in [0.05, 0.1) is 12.1 Å². The standard InChI is InChI=1S/C16H17N3O/c1-2-7-18-8-10-19(11-9-18)16(20)14-12-17-15-6-4-3-5-13(14)15/h1,3-6,12,17H,7-11H2. The molecular weight excluding hydrogens is 250 g/mol. The van der Waals surface area contributed by atoms with E-state index >= 15 is 0 Å². The third kappa shape index (κ3) is 2.28. The Kier molecular flexibility index (Phi) is 3.44. The van der Waals surface area contributed by atoms with E-state index in [1.165, 1.54) is 0 Å². The summed E-state index contributed by atoms with van der Waals surface area (Å²) in [7, 11) is 0. The molecule has 0 radical (unpaired) electrons. The van der Waals surface area contributed by atoms with Gasteiger partial charge in [-0.15, -0.1) is 6.42 Å². The van der Waals surface area contributed by atoms with Crippen molar-refractivity contribution in [3.05, 3.63) is 36.0 Å². The van der Waals surface area contributed by atoms with Gasteiger partial charge in [-0.2, -0.15) is 0 Å². The van der Waals surface area contributed by atoms with Crippen molar-refractivity contribution in [2.75, 3.05) is 32.7 Å².